The minimum atomic E-state index is -4.59. The molecule has 0 saturated heterocycles. The van der Waals surface area contributed by atoms with Crippen LogP contribution in [-0.2, 0) is 6.18 Å². The highest BCUT2D eigenvalue weighted by Crippen LogP contribution is 2.29. The molecule has 0 saturated carbocycles. The molecule has 0 aliphatic carbocycles. The van der Waals surface area contributed by atoms with Crippen LogP contribution in [0.15, 0.2) is 35.6 Å². The van der Waals surface area contributed by atoms with Crippen molar-refractivity contribution in [3.05, 3.63) is 41.7 Å². The van der Waals surface area contributed by atoms with Gasteiger partial charge in [-0.3, -0.25) is 4.79 Å². The number of hydrogen-bond acceptors (Lipinski definition) is 6. The molecule has 0 aliphatic heterocycles. The Hall–Kier alpha value is -2.29. The summed E-state index contributed by atoms with van der Waals surface area (Å²) in [5.41, 5.74) is -1.14. The third kappa shape index (κ3) is 3.88. The lowest BCUT2D eigenvalue weighted by molar-refractivity contribution is -0.141. The van der Waals surface area contributed by atoms with Crippen LogP contribution in [0.25, 0.3) is 0 Å². The summed E-state index contributed by atoms with van der Waals surface area (Å²) in [6.45, 7) is 0. The van der Waals surface area contributed by atoms with E-state index in [2.05, 4.69) is 9.97 Å². The molecular weight excluding hydrogens is 321 g/mol. The van der Waals surface area contributed by atoms with Crippen LogP contribution >= 0.6 is 11.8 Å². The van der Waals surface area contributed by atoms with Gasteiger partial charge in [0, 0.05) is 12.3 Å². The second kappa shape index (κ2) is 6.22. The number of aromatic hydroxyl groups is 2. The Morgan fingerprint density at radius 3 is 2.59 bits per heavy atom. The summed E-state index contributed by atoms with van der Waals surface area (Å²) >= 11 is 0.721. The van der Waals surface area contributed by atoms with Crippen molar-refractivity contribution in [2.75, 3.05) is 5.75 Å². The first kappa shape index (κ1) is 16.1. The minimum Gasteiger partial charge on any atom is -0.508 e. The van der Waals surface area contributed by atoms with Gasteiger partial charge in [-0.2, -0.15) is 13.2 Å². The van der Waals surface area contributed by atoms with E-state index in [9.17, 15) is 23.1 Å². The monoisotopic (exact) mass is 330 g/mol. The van der Waals surface area contributed by atoms with Gasteiger partial charge in [0.25, 0.3) is 0 Å². The van der Waals surface area contributed by atoms with Gasteiger partial charge in [0.15, 0.2) is 10.9 Å². The quantitative estimate of drug-likeness (QED) is 0.509. The first-order chi connectivity index (χ1) is 10.3. The predicted octanol–water partition coefficient (Wildman–Crippen LogP) is 2.88. The summed E-state index contributed by atoms with van der Waals surface area (Å²) < 4.78 is 37.5. The normalized spacial score (nSPS) is 11.4. The van der Waals surface area contributed by atoms with Crippen molar-refractivity contribution in [2.45, 2.75) is 11.3 Å². The van der Waals surface area contributed by atoms with Gasteiger partial charge in [0.05, 0.1) is 11.3 Å². The Kier molecular flexibility index (Phi) is 4.55. The van der Waals surface area contributed by atoms with Gasteiger partial charge in [-0.15, -0.1) is 0 Å². The van der Waals surface area contributed by atoms with E-state index in [0.29, 0.717) is 0 Å². The number of halogens is 3. The molecule has 9 heteroatoms. The molecule has 0 atom stereocenters. The molecule has 0 unspecified atom stereocenters. The van der Waals surface area contributed by atoms with Crippen molar-refractivity contribution in [3.63, 3.8) is 0 Å². The smallest absolute Gasteiger partial charge is 0.433 e. The van der Waals surface area contributed by atoms with Crippen molar-refractivity contribution in [3.8, 4) is 11.5 Å². The number of benzene rings is 1. The lowest BCUT2D eigenvalue weighted by atomic mass is 10.1. The van der Waals surface area contributed by atoms with Gasteiger partial charge in [-0.1, -0.05) is 11.8 Å². The molecular formula is C13H9F3N2O3S. The van der Waals surface area contributed by atoms with Crippen LogP contribution in [0.2, 0.25) is 0 Å². The Labute approximate surface area is 126 Å². The highest BCUT2D eigenvalue weighted by atomic mass is 32.2. The third-order valence-corrected chi connectivity index (χ3v) is 3.40. The molecule has 0 aliphatic rings. The van der Waals surface area contributed by atoms with Crippen LogP contribution in [0.1, 0.15) is 16.1 Å². The number of carbonyl (C=O) groups is 1. The third-order valence-electron chi connectivity index (χ3n) is 2.54. The molecule has 2 rings (SSSR count). The number of phenolic OH excluding ortho intramolecular Hbond substituents is 2. The second-order valence-electron chi connectivity index (χ2n) is 4.14. The summed E-state index contributed by atoms with van der Waals surface area (Å²) in [4.78, 5) is 18.9. The highest BCUT2D eigenvalue weighted by Gasteiger charge is 2.32. The van der Waals surface area contributed by atoms with Gasteiger partial charge >= 0.3 is 6.18 Å². The van der Waals surface area contributed by atoms with Crippen molar-refractivity contribution >= 4 is 17.5 Å². The number of nitrogens with zero attached hydrogens (tertiary/aromatic N) is 2. The maximum Gasteiger partial charge on any atom is 0.433 e. The van der Waals surface area contributed by atoms with Gasteiger partial charge in [-0.05, 0) is 18.2 Å². The predicted molar refractivity (Wildman–Crippen MR) is 71.9 cm³/mol. The second-order valence-corrected chi connectivity index (χ2v) is 5.08. The average molecular weight is 330 g/mol. The van der Waals surface area contributed by atoms with Gasteiger partial charge in [0.2, 0.25) is 0 Å². The fourth-order valence-electron chi connectivity index (χ4n) is 1.53. The zero-order valence-corrected chi connectivity index (χ0v) is 11.6. The summed E-state index contributed by atoms with van der Waals surface area (Å²) in [7, 11) is 0. The molecule has 0 amide bonds. The van der Waals surface area contributed by atoms with Gasteiger partial charge in [0.1, 0.15) is 17.2 Å². The topological polar surface area (TPSA) is 83.3 Å². The van der Waals surface area contributed by atoms with Crippen LogP contribution < -0.4 is 0 Å². The van der Waals surface area contributed by atoms with E-state index >= 15 is 0 Å². The van der Waals surface area contributed by atoms with Crippen LogP contribution in [0.3, 0.4) is 0 Å². The van der Waals surface area contributed by atoms with E-state index in [1.165, 1.54) is 12.1 Å². The van der Waals surface area contributed by atoms with E-state index in [1.807, 2.05) is 0 Å². The highest BCUT2D eigenvalue weighted by molar-refractivity contribution is 7.99. The number of ketones is 1. The van der Waals surface area contributed by atoms with Gasteiger partial charge in [-0.25, -0.2) is 9.97 Å². The van der Waals surface area contributed by atoms with Crippen LogP contribution in [-0.4, -0.2) is 31.7 Å². The maximum atomic E-state index is 12.5. The lowest BCUT2D eigenvalue weighted by Crippen LogP contribution is -2.09. The van der Waals surface area contributed by atoms with Crippen LogP contribution in [0.5, 0.6) is 11.5 Å². The van der Waals surface area contributed by atoms with Crippen molar-refractivity contribution < 1.29 is 28.2 Å². The summed E-state index contributed by atoms with van der Waals surface area (Å²) in [5.74, 6) is -1.39. The largest absolute Gasteiger partial charge is 0.508 e. The van der Waals surface area contributed by atoms with E-state index in [0.717, 1.165) is 30.1 Å². The molecule has 0 spiro atoms. The number of carbonyl (C=O) groups excluding carboxylic acids is 1. The van der Waals surface area contributed by atoms with Gasteiger partial charge < -0.3 is 10.2 Å². The van der Waals surface area contributed by atoms with Crippen molar-refractivity contribution in [1.82, 2.24) is 9.97 Å². The van der Waals surface area contributed by atoms with E-state index in [1.54, 1.807) is 0 Å². The Morgan fingerprint density at radius 1 is 1.23 bits per heavy atom. The van der Waals surface area contributed by atoms with Crippen LogP contribution in [0, 0.1) is 0 Å². The molecule has 1 heterocycles. The SMILES string of the molecule is O=C(CSc1nccc(C(F)(F)F)n1)c1ccc(O)cc1O. The molecule has 5 nitrogen and oxygen atoms in total. The van der Waals surface area contributed by atoms with Crippen molar-refractivity contribution in [2.24, 2.45) is 0 Å². The molecule has 22 heavy (non-hydrogen) atoms. The number of alkyl halides is 3. The van der Waals surface area contributed by atoms with Crippen LogP contribution in [0.4, 0.5) is 13.2 Å². The Bertz CT molecular complexity index is 707. The van der Waals surface area contributed by atoms with Crippen molar-refractivity contribution in [1.29, 1.82) is 0 Å². The molecule has 0 fully saturated rings. The first-order valence-electron chi connectivity index (χ1n) is 5.85. The number of phenols is 2. The fourth-order valence-corrected chi connectivity index (χ4v) is 2.25. The number of aromatic nitrogens is 2. The summed E-state index contributed by atoms with van der Waals surface area (Å²) in [5, 5.41) is 18.5. The lowest BCUT2D eigenvalue weighted by Gasteiger charge is -2.07. The maximum absolute atomic E-state index is 12.5. The number of thioether (sulfide) groups is 1. The molecule has 116 valence electrons. The zero-order valence-electron chi connectivity index (χ0n) is 10.8. The first-order valence-corrected chi connectivity index (χ1v) is 6.84. The van der Waals surface area contributed by atoms with E-state index in [-0.39, 0.29) is 22.2 Å². The molecule has 2 aromatic rings. The molecule has 0 bridgehead atoms. The molecule has 1 aromatic carbocycles. The average Bonchev–Trinajstić information content (AvgIpc) is 2.44. The molecule has 0 radical (unpaired) electrons. The number of hydrogen-bond donors (Lipinski definition) is 2. The Balaban J connectivity index is 2.08. The standard InChI is InChI=1S/C13H9F3N2O3S/c14-13(15,16)11-3-4-17-12(18-11)22-6-10(21)8-2-1-7(19)5-9(8)20/h1-5,19-20H,6H2. The minimum absolute atomic E-state index is 0.0442. The summed E-state index contributed by atoms with van der Waals surface area (Å²) in [6, 6.07) is 4.18. The summed E-state index contributed by atoms with van der Waals surface area (Å²) in [6.07, 6.45) is -3.63. The fraction of sp³-hybridized carbons (Fsp3) is 0.154. The Morgan fingerprint density at radius 2 is 1.95 bits per heavy atom. The number of rotatable bonds is 4. The van der Waals surface area contributed by atoms with E-state index < -0.39 is 23.4 Å². The molecule has 1 aromatic heterocycles. The molecule has 2 N–H and O–H groups in total. The number of Topliss-reactive ketones (excluding diaryl/α,β-unsaturated/α-hetero) is 1. The zero-order chi connectivity index (χ0) is 16.3. The van der Waals surface area contributed by atoms with E-state index in [4.69, 9.17) is 5.11 Å².